The van der Waals surface area contributed by atoms with E-state index >= 15 is 0 Å². The second kappa shape index (κ2) is 8.82. The summed E-state index contributed by atoms with van der Waals surface area (Å²) in [5, 5.41) is 12.5. The van der Waals surface area contributed by atoms with Crippen LogP contribution in [0.3, 0.4) is 0 Å². The van der Waals surface area contributed by atoms with Gasteiger partial charge in [-0.15, -0.1) is 0 Å². The zero-order valence-electron chi connectivity index (χ0n) is 18.9. The van der Waals surface area contributed by atoms with Gasteiger partial charge in [0, 0.05) is 18.9 Å². The van der Waals surface area contributed by atoms with Crippen LogP contribution in [0.25, 0.3) is 22.4 Å². The van der Waals surface area contributed by atoms with E-state index in [1.54, 1.807) is 18.5 Å². The summed E-state index contributed by atoms with van der Waals surface area (Å²) in [6.45, 7) is 3.85. The topological polar surface area (TPSA) is 86.7 Å². The number of benzene rings is 2. The number of hydrogen-bond donors (Lipinski definition) is 1. The molecule has 0 aliphatic heterocycles. The number of amides is 1. The Balaban J connectivity index is 1.61. The average Bonchev–Trinajstić information content (AvgIpc) is 3.54. The maximum absolute atomic E-state index is 13.7. The van der Waals surface area contributed by atoms with Crippen molar-refractivity contribution in [2.75, 3.05) is 0 Å². The molecule has 3 aromatic heterocycles. The lowest BCUT2D eigenvalue weighted by Crippen LogP contribution is -2.37. The van der Waals surface area contributed by atoms with Gasteiger partial charge in [0.15, 0.2) is 5.82 Å². The molecule has 8 heteroatoms. The monoisotopic (exact) mass is 452 g/mol. The van der Waals surface area contributed by atoms with Crippen molar-refractivity contribution in [2.24, 2.45) is 0 Å². The van der Waals surface area contributed by atoms with E-state index in [1.807, 2.05) is 89.8 Å². The quantitative estimate of drug-likeness (QED) is 0.427. The first kappa shape index (κ1) is 21.4. The Morgan fingerprint density at radius 1 is 0.941 bits per heavy atom. The molecule has 170 valence electrons. The Labute approximate surface area is 196 Å². The first-order chi connectivity index (χ1) is 16.5. The normalized spacial score (nSPS) is 12.1. The molecule has 34 heavy (non-hydrogen) atoms. The van der Waals surface area contributed by atoms with Gasteiger partial charge < -0.3 is 9.88 Å². The zero-order valence-corrected chi connectivity index (χ0v) is 18.9. The molecule has 0 aliphatic rings. The number of aryl methyl sites for hydroxylation is 1. The highest BCUT2D eigenvalue weighted by atomic mass is 16.2. The van der Waals surface area contributed by atoms with Gasteiger partial charge in [0.25, 0.3) is 5.56 Å². The highest BCUT2D eigenvalue weighted by Gasteiger charge is 2.25. The van der Waals surface area contributed by atoms with E-state index in [0.29, 0.717) is 29.0 Å². The molecule has 1 unspecified atom stereocenters. The van der Waals surface area contributed by atoms with E-state index in [9.17, 15) is 9.59 Å². The Morgan fingerprint density at radius 3 is 2.26 bits per heavy atom. The molecular weight excluding hydrogens is 428 g/mol. The Bertz CT molecular complexity index is 1500. The Hall–Kier alpha value is -4.46. The minimum atomic E-state index is -0.795. The number of aromatic nitrogens is 5. The van der Waals surface area contributed by atoms with Crippen LogP contribution in [0.1, 0.15) is 24.2 Å². The number of carbonyl (C=O) groups is 1. The van der Waals surface area contributed by atoms with Gasteiger partial charge in [-0.2, -0.15) is 10.2 Å². The molecule has 1 N–H and O–H groups in total. The van der Waals surface area contributed by atoms with Crippen LogP contribution in [0.5, 0.6) is 0 Å². The summed E-state index contributed by atoms with van der Waals surface area (Å²) < 4.78 is 4.85. The largest absolute Gasteiger partial charge is 0.350 e. The van der Waals surface area contributed by atoms with Crippen molar-refractivity contribution in [3.63, 3.8) is 0 Å². The lowest BCUT2D eigenvalue weighted by molar-refractivity contribution is -0.124. The summed E-state index contributed by atoms with van der Waals surface area (Å²) >= 11 is 0. The fourth-order valence-electron chi connectivity index (χ4n) is 4.00. The van der Waals surface area contributed by atoms with E-state index in [1.165, 1.54) is 4.68 Å². The maximum atomic E-state index is 13.7. The molecule has 1 atom stereocenters. The van der Waals surface area contributed by atoms with Crippen LogP contribution in [-0.4, -0.2) is 30.0 Å². The third-order valence-corrected chi connectivity index (χ3v) is 5.79. The molecule has 0 saturated heterocycles. The highest BCUT2D eigenvalue weighted by Crippen LogP contribution is 2.25. The number of carbonyl (C=O) groups excluding carboxylic acids is 1. The smallest absolute Gasteiger partial charge is 0.280 e. The number of nitrogens with zero attached hydrogens (tertiary/aromatic N) is 5. The molecule has 0 saturated carbocycles. The number of para-hydroxylation sites is 1. The zero-order chi connectivity index (χ0) is 23.7. The van der Waals surface area contributed by atoms with Crippen LogP contribution in [0, 0.1) is 6.92 Å². The van der Waals surface area contributed by atoms with Crippen LogP contribution >= 0.6 is 0 Å². The van der Waals surface area contributed by atoms with Crippen molar-refractivity contribution in [2.45, 2.75) is 26.4 Å². The molecule has 3 heterocycles. The summed E-state index contributed by atoms with van der Waals surface area (Å²) in [5.41, 5.74) is 2.51. The van der Waals surface area contributed by atoms with Gasteiger partial charge >= 0.3 is 0 Å². The van der Waals surface area contributed by atoms with Gasteiger partial charge in [0.1, 0.15) is 16.9 Å². The molecule has 0 fully saturated rings. The second-order valence-electron chi connectivity index (χ2n) is 8.10. The van der Waals surface area contributed by atoms with E-state index in [2.05, 4.69) is 10.4 Å². The number of hydrogen-bond acceptors (Lipinski definition) is 4. The Morgan fingerprint density at radius 2 is 1.59 bits per heavy atom. The molecular formula is C26H24N6O2. The first-order valence-electron chi connectivity index (χ1n) is 11.1. The standard InChI is InChI=1S/C26H24N6O2/c1-18-23-22(25(30-15-9-10-16-30)32(29-23)21-13-7-4-8-14-21)26(34)31(28-18)19(2)24(33)27-17-20-11-5-3-6-12-20/h3-16,19H,17H2,1-2H3,(H,27,33). The minimum Gasteiger partial charge on any atom is -0.350 e. The third kappa shape index (κ3) is 3.79. The number of nitrogens with one attached hydrogen (secondary N) is 1. The SMILES string of the molecule is Cc1nn(C(C)C(=O)NCc2ccccc2)c(=O)c2c(-n3cccc3)n(-c3ccccc3)nc12. The number of fused-ring (bicyclic) bond motifs is 1. The summed E-state index contributed by atoms with van der Waals surface area (Å²) in [6.07, 6.45) is 3.73. The maximum Gasteiger partial charge on any atom is 0.280 e. The van der Waals surface area contributed by atoms with E-state index < -0.39 is 6.04 Å². The van der Waals surface area contributed by atoms with Crippen LogP contribution in [0.2, 0.25) is 0 Å². The molecule has 5 aromatic rings. The number of rotatable bonds is 6. The Kier molecular flexibility index (Phi) is 5.55. The molecule has 1 amide bonds. The fourth-order valence-corrected chi connectivity index (χ4v) is 4.00. The van der Waals surface area contributed by atoms with Gasteiger partial charge in [-0.05, 0) is 43.7 Å². The molecule has 5 rings (SSSR count). The summed E-state index contributed by atoms with van der Waals surface area (Å²) in [4.78, 5) is 26.6. The van der Waals surface area contributed by atoms with Gasteiger partial charge in [-0.25, -0.2) is 9.36 Å². The molecule has 8 nitrogen and oxygen atoms in total. The van der Waals surface area contributed by atoms with Crippen molar-refractivity contribution < 1.29 is 4.79 Å². The predicted molar refractivity (Wildman–Crippen MR) is 130 cm³/mol. The molecule has 0 spiro atoms. The average molecular weight is 453 g/mol. The van der Waals surface area contributed by atoms with Crippen LogP contribution in [0.4, 0.5) is 0 Å². The molecule has 2 aromatic carbocycles. The van der Waals surface area contributed by atoms with Gasteiger partial charge in [-0.3, -0.25) is 9.59 Å². The van der Waals surface area contributed by atoms with E-state index in [4.69, 9.17) is 5.10 Å². The minimum absolute atomic E-state index is 0.282. The lowest BCUT2D eigenvalue weighted by atomic mass is 10.2. The van der Waals surface area contributed by atoms with Crippen molar-refractivity contribution in [3.8, 4) is 11.5 Å². The van der Waals surface area contributed by atoms with Crippen LogP contribution in [0.15, 0.2) is 90.0 Å². The fraction of sp³-hybridized carbons (Fsp3) is 0.154. The van der Waals surface area contributed by atoms with Gasteiger partial charge in [0.05, 0.1) is 11.4 Å². The summed E-state index contributed by atoms with van der Waals surface area (Å²) in [7, 11) is 0. The highest BCUT2D eigenvalue weighted by molar-refractivity contribution is 5.88. The molecule has 0 radical (unpaired) electrons. The third-order valence-electron chi connectivity index (χ3n) is 5.79. The van der Waals surface area contributed by atoms with Gasteiger partial charge in [-0.1, -0.05) is 48.5 Å². The van der Waals surface area contributed by atoms with Gasteiger partial charge in [0.2, 0.25) is 5.91 Å². The van der Waals surface area contributed by atoms with Crippen molar-refractivity contribution >= 4 is 16.8 Å². The van der Waals surface area contributed by atoms with Crippen LogP contribution in [-0.2, 0) is 11.3 Å². The van der Waals surface area contributed by atoms with Crippen molar-refractivity contribution in [1.29, 1.82) is 0 Å². The predicted octanol–water partition coefficient (Wildman–Crippen LogP) is 3.56. The molecule has 0 aliphatic carbocycles. The van der Waals surface area contributed by atoms with Crippen LogP contribution < -0.4 is 10.9 Å². The van der Waals surface area contributed by atoms with E-state index in [0.717, 1.165) is 11.3 Å². The summed E-state index contributed by atoms with van der Waals surface area (Å²) in [6, 6.07) is 22.2. The second-order valence-corrected chi connectivity index (χ2v) is 8.10. The molecule has 0 bridgehead atoms. The van der Waals surface area contributed by atoms with E-state index in [-0.39, 0.29) is 11.5 Å². The first-order valence-corrected chi connectivity index (χ1v) is 11.1. The lowest BCUT2D eigenvalue weighted by Gasteiger charge is -2.15. The van der Waals surface area contributed by atoms with Crippen molar-refractivity contribution in [1.82, 2.24) is 29.4 Å². The summed E-state index contributed by atoms with van der Waals surface area (Å²) in [5.74, 6) is 0.322. The van der Waals surface area contributed by atoms with Crippen molar-refractivity contribution in [3.05, 3.63) is 107 Å².